The van der Waals surface area contributed by atoms with E-state index >= 15 is 0 Å². The summed E-state index contributed by atoms with van der Waals surface area (Å²) in [5.74, 6) is 0. The van der Waals surface area contributed by atoms with Crippen molar-refractivity contribution < 1.29 is 4.39 Å². The number of benzene rings is 2. The largest absolute Gasteiger partial charge is 0.299 e. The molecule has 0 atom stereocenters. The second-order valence-corrected chi connectivity index (χ2v) is 9.78. The highest BCUT2D eigenvalue weighted by Gasteiger charge is 2.15. The zero-order valence-corrected chi connectivity index (χ0v) is 27.3. The summed E-state index contributed by atoms with van der Waals surface area (Å²) < 4.78 is 12.4. The van der Waals surface area contributed by atoms with Crippen molar-refractivity contribution in [3.63, 3.8) is 0 Å². The van der Waals surface area contributed by atoms with Crippen molar-refractivity contribution in [3.05, 3.63) is 109 Å². The Morgan fingerprint density at radius 1 is 0.897 bits per heavy atom. The highest BCUT2D eigenvalue weighted by Crippen LogP contribution is 2.19. The van der Waals surface area contributed by atoms with E-state index in [1.807, 2.05) is 13.8 Å². The smallest absolute Gasteiger partial charge is 0.125 e. The third kappa shape index (κ3) is 19.3. The van der Waals surface area contributed by atoms with Gasteiger partial charge in [0.15, 0.2) is 0 Å². The third-order valence-corrected chi connectivity index (χ3v) is 6.31. The molecule has 2 heteroatoms. The van der Waals surface area contributed by atoms with Gasteiger partial charge in [0.2, 0.25) is 0 Å². The Balaban J connectivity index is -0.000000473. The first-order chi connectivity index (χ1) is 18.6. The highest BCUT2D eigenvalue weighted by atomic mass is 19.1. The van der Waals surface area contributed by atoms with E-state index in [9.17, 15) is 4.39 Å². The van der Waals surface area contributed by atoms with E-state index in [0.717, 1.165) is 13.0 Å². The molecule has 1 heterocycles. The maximum atomic E-state index is 12.4. The molecule has 0 amide bonds. The molecule has 0 spiro atoms. The molecule has 0 aliphatic carbocycles. The van der Waals surface area contributed by atoms with Gasteiger partial charge in [0.05, 0.1) is 0 Å². The van der Waals surface area contributed by atoms with Crippen LogP contribution in [0.25, 0.3) is 0 Å². The monoisotopic (exact) mass is 539 g/mol. The van der Waals surface area contributed by atoms with Crippen LogP contribution in [0.2, 0.25) is 0 Å². The number of hydrogen-bond acceptors (Lipinski definition) is 1. The normalized spacial score (nSPS) is 11.5. The van der Waals surface area contributed by atoms with Gasteiger partial charge >= 0.3 is 0 Å². The van der Waals surface area contributed by atoms with E-state index < -0.39 is 5.67 Å². The first kappa shape index (κ1) is 41.0. The fourth-order valence-corrected chi connectivity index (χ4v) is 3.72. The van der Waals surface area contributed by atoms with Crippen LogP contribution < -0.4 is 0 Å². The SMILES string of the molecule is C=C.C=C.C=C(C)C(C)(C)F.CC.CCCCN1CCc2ccccc2C1.CCCc1ccc(C)cc1CC. The maximum Gasteiger partial charge on any atom is 0.125 e. The molecule has 0 aromatic heterocycles. The van der Waals surface area contributed by atoms with Crippen LogP contribution in [0.3, 0.4) is 0 Å². The molecule has 0 fully saturated rings. The number of alkyl halides is 1. The molecule has 0 unspecified atom stereocenters. The van der Waals surface area contributed by atoms with E-state index in [1.54, 1.807) is 12.5 Å². The molecule has 3 rings (SSSR count). The molecule has 0 saturated carbocycles. The topological polar surface area (TPSA) is 3.24 Å². The predicted molar refractivity (Wildman–Crippen MR) is 179 cm³/mol. The van der Waals surface area contributed by atoms with E-state index in [4.69, 9.17) is 0 Å². The average molecular weight is 540 g/mol. The Kier molecular flexibility index (Phi) is 27.2. The van der Waals surface area contributed by atoms with E-state index in [-0.39, 0.29) is 0 Å². The number of rotatable bonds is 7. The lowest BCUT2D eigenvalue weighted by atomic mass is 9.99. The van der Waals surface area contributed by atoms with Gasteiger partial charge in [-0.25, -0.2) is 4.39 Å². The van der Waals surface area contributed by atoms with Crippen LogP contribution in [-0.4, -0.2) is 23.7 Å². The number of aryl methyl sites for hydroxylation is 3. The molecule has 1 aliphatic rings. The predicted octanol–water partition coefficient (Wildman–Crippen LogP) is 11.3. The molecule has 39 heavy (non-hydrogen) atoms. The Morgan fingerprint density at radius 2 is 1.44 bits per heavy atom. The fraction of sp³-hybridized carbons (Fsp3) is 0.514. The van der Waals surface area contributed by atoms with Crippen LogP contribution in [0.4, 0.5) is 4.39 Å². The minimum atomic E-state index is -1.19. The summed E-state index contributed by atoms with van der Waals surface area (Å²) in [4.78, 5) is 2.58. The standard InChI is InChI=1S/C13H19N.C12H18.C6H11F.C2H6.2C2H4/c1-2-3-9-14-10-8-12-6-4-5-7-13(12)11-14;1-4-6-12-8-7-10(3)9-11(12)5-2;1-5(2)6(3,4)7;3*1-2/h4-7H,2-3,8-11H2,1H3;7-9H,4-6H2,1-3H3;1H2,2-4H3;1-2H3;2*1-2H2. The summed E-state index contributed by atoms with van der Waals surface area (Å²) in [6.07, 6.45) is 7.51. The zero-order valence-electron chi connectivity index (χ0n) is 27.3. The number of unbranched alkanes of at least 4 members (excludes halogenated alkanes) is 1. The number of allylic oxidation sites excluding steroid dienone is 1. The van der Waals surface area contributed by atoms with Gasteiger partial charge in [0.1, 0.15) is 5.67 Å². The first-order valence-electron chi connectivity index (χ1n) is 14.8. The minimum Gasteiger partial charge on any atom is -0.299 e. The Hall–Kier alpha value is -2.45. The molecule has 0 saturated heterocycles. The van der Waals surface area contributed by atoms with E-state index in [2.05, 4.69) is 108 Å². The second kappa shape index (κ2) is 25.8. The lowest BCUT2D eigenvalue weighted by Gasteiger charge is -2.28. The van der Waals surface area contributed by atoms with Crippen LogP contribution in [-0.2, 0) is 25.8 Å². The van der Waals surface area contributed by atoms with Gasteiger partial charge in [-0.3, -0.25) is 4.90 Å². The summed E-state index contributed by atoms with van der Waals surface area (Å²) in [6, 6.07) is 15.6. The second-order valence-electron chi connectivity index (χ2n) is 9.78. The summed E-state index contributed by atoms with van der Waals surface area (Å²) in [5, 5.41) is 0. The molecule has 0 radical (unpaired) electrons. The third-order valence-electron chi connectivity index (χ3n) is 6.31. The Labute approximate surface area is 243 Å². The minimum absolute atomic E-state index is 0.576. The van der Waals surface area contributed by atoms with Crippen molar-refractivity contribution in [1.82, 2.24) is 4.90 Å². The number of hydrogen-bond donors (Lipinski definition) is 0. The number of fused-ring (bicyclic) bond motifs is 1. The van der Waals surface area contributed by atoms with E-state index in [1.165, 1.54) is 81.3 Å². The van der Waals surface area contributed by atoms with Gasteiger partial charge in [-0.15, -0.1) is 26.3 Å². The Bertz CT molecular complexity index is 860. The molecule has 1 aliphatic heterocycles. The summed E-state index contributed by atoms with van der Waals surface area (Å²) in [6.45, 7) is 36.7. The Morgan fingerprint density at radius 3 is 1.90 bits per heavy atom. The average Bonchev–Trinajstić information content (AvgIpc) is 2.96. The molecule has 2 aromatic carbocycles. The summed E-state index contributed by atoms with van der Waals surface area (Å²) >= 11 is 0. The van der Waals surface area contributed by atoms with Crippen molar-refractivity contribution >= 4 is 0 Å². The van der Waals surface area contributed by atoms with Gasteiger partial charge in [-0.1, -0.05) is 102 Å². The maximum absolute atomic E-state index is 12.4. The molecule has 222 valence electrons. The van der Waals surface area contributed by atoms with Crippen LogP contribution >= 0.6 is 0 Å². The van der Waals surface area contributed by atoms with Crippen LogP contribution in [0.1, 0.15) is 102 Å². The molecule has 1 nitrogen and oxygen atoms in total. The molecular weight excluding hydrogens is 477 g/mol. The summed E-state index contributed by atoms with van der Waals surface area (Å²) in [5.41, 5.74) is 6.91. The molecule has 2 aromatic rings. The van der Waals surface area contributed by atoms with Gasteiger partial charge in [0, 0.05) is 13.1 Å². The highest BCUT2D eigenvalue weighted by molar-refractivity contribution is 5.31. The summed E-state index contributed by atoms with van der Waals surface area (Å²) in [7, 11) is 0. The van der Waals surface area contributed by atoms with Gasteiger partial charge in [0.25, 0.3) is 0 Å². The van der Waals surface area contributed by atoms with Crippen molar-refractivity contribution in [2.24, 2.45) is 0 Å². The molecule has 0 N–H and O–H groups in total. The lowest BCUT2D eigenvalue weighted by Crippen LogP contribution is -2.31. The fourth-order valence-electron chi connectivity index (χ4n) is 3.72. The van der Waals surface area contributed by atoms with Crippen molar-refractivity contribution in [2.75, 3.05) is 13.1 Å². The van der Waals surface area contributed by atoms with Crippen molar-refractivity contribution in [2.45, 2.75) is 113 Å². The van der Waals surface area contributed by atoms with Crippen molar-refractivity contribution in [1.29, 1.82) is 0 Å². The lowest BCUT2D eigenvalue weighted by molar-refractivity contribution is 0.250. The van der Waals surface area contributed by atoms with Gasteiger partial charge < -0.3 is 0 Å². The van der Waals surface area contributed by atoms with Crippen molar-refractivity contribution in [3.8, 4) is 0 Å². The van der Waals surface area contributed by atoms with Crippen LogP contribution in [0.15, 0.2) is 80.9 Å². The first-order valence-corrected chi connectivity index (χ1v) is 14.8. The molecule has 0 bridgehead atoms. The quantitative estimate of drug-likeness (QED) is 0.316. The van der Waals surface area contributed by atoms with Crippen LogP contribution in [0, 0.1) is 6.92 Å². The number of halogens is 1. The van der Waals surface area contributed by atoms with Gasteiger partial charge in [-0.05, 0) is 87.7 Å². The zero-order chi connectivity index (χ0) is 30.9. The number of nitrogens with zero attached hydrogens (tertiary/aromatic N) is 1. The molecular formula is C37H62FN. The van der Waals surface area contributed by atoms with E-state index in [0.29, 0.717) is 5.57 Å². The van der Waals surface area contributed by atoms with Gasteiger partial charge in [-0.2, -0.15) is 0 Å². The van der Waals surface area contributed by atoms with Crippen LogP contribution in [0.5, 0.6) is 0 Å².